The number of rotatable bonds is 9. The third-order valence-corrected chi connectivity index (χ3v) is 7.19. The molecule has 38 heavy (non-hydrogen) atoms. The Labute approximate surface area is 221 Å². The minimum atomic E-state index is -3.87. The van der Waals surface area contributed by atoms with Gasteiger partial charge in [-0.15, -0.1) is 11.3 Å². The largest absolute Gasteiger partial charge is 0.321 e. The average Bonchev–Trinajstić information content (AvgIpc) is 3.41. The number of aromatic nitrogens is 1. The van der Waals surface area contributed by atoms with E-state index in [4.69, 9.17) is 0 Å². The van der Waals surface area contributed by atoms with Gasteiger partial charge in [0, 0.05) is 35.0 Å². The first-order valence-corrected chi connectivity index (χ1v) is 13.2. The molecule has 13 heteroatoms. The van der Waals surface area contributed by atoms with E-state index in [-0.39, 0.29) is 27.1 Å². The van der Waals surface area contributed by atoms with Gasteiger partial charge >= 0.3 is 0 Å². The average molecular weight is 550 g/mol. The summed E-state index contributed by atoms with van der Waals surface area (Å²) in [4.78, 5) is 40.1. The molecule has 1 aromatic heterocycles. The van der Waals surface area contributed by atoms with Crippen molar-refractivity contribution in [3.05, 3.63) is 117 Å². The molecule has 0 saturated heterocycles. The lowest BCUT2D eigenvalue weighted by Crippen LogP contribution is -2.30. The van der Waals surface area contributed by atoms with Gasteiger partial charge in [0.05, 0.1) is 9.82 Å². The van der Waals surface area contributed by atoms with E-state index in [0.29, 0.717) is 11.1 Å². The fraction of sp³-hybridized carbons (Fsp3) is 0. The zero-order valence-electron chi connectivity index (χ0n) is 19.4. The molecular formula is C25H19N5O6S2. The number of nitro groups is 1. The summed E-state index contributed by atoms with van der Waals surface area (Å²) in [5.41, 5.74) is 0.767. The summed E-state index contributed by atoms with van der Waals surface area (Å²) >= 11 is 1.13. The Hall–Kier alpha value is -4.88. The van der Waals surface area contributed by atoms with Crippen LogP contribution < -0.4 is 15.4 Å². The van der Waals surface area contributed by atoms with Gasteiger partial charge in [0.2, 0.25) is 0 Å². The highest BCUT2D eigenvalue weighted by atomic mass is 32.2. The van der Waals surface area contributed by atoms with Crippen molar-refractivity contribution >= 4 is 55.8 Å². The van der Waals surface area contributed by atoms with E-state index >= 15 is 0 Å². The predicted octanol–water partition coefficient (Wildman–Crippen LogP) is 4.26. The van der Waals surface area contributed by atoms with Crippen LogP contribution in [0.25, 0.3) is 6.08 Å². The maximum Gasteiger partial charge on any atom is 0.272 e. The maximum absolute atomic E-state index is 13.1. The van der Waals surface area contributed by atoms with Crippen LogP contribution in [0.2, 0.25) is 0 Å². The molecule has 0 fully saturated rings. The van der Waals surface area contributed by atoms with Crippen molar-refractivity contribution in [3.8, 4) is 0 Å². The number of nitrogens with zero attached hydrogens (tertiary/aromatic N) is 2. The molecule has 0 radical (unpaired) electrons. The number of hydrogen-bond acceptors (Lipinski definition) is 8. The number of benzene rings is 3. The molecule has 11 nitrogen and oxygen atoms in total. The van der Waals surface area contributed by atoms with E-state index in [9.17, 15) is 28.1 Å². The Morgan fingerprint density at radius 1 is 0.947 bits per heavy atom. The fourth-order valence-corrected chi connectivity index (χ4v) is 4.95. The second-order valence-electron chi connectivity index (χ2n) is 7.65. The summed E-state index contributed by atoms with van der Waals surface area (Å²) in [7, 11) is -3.87. The lowest BCUT2D eigenvalue weighted by atomic mass is 10.1. The van der Waals surface area contributed by atoms with E-state index in [1.54, 1.807) is 35.7 Å². The topological polar surface area (TPSA) is 160 Å². The lowest BCUT2D eigenvalue weighted by Gasteiger charge is -2.12. The Morgan fingerprint density at radius 2 is 1.63 bits per heavy atom. The molecule has 3 aromatic carbocycles. The number of nitro benzene ring substituents is 1. The van der Waals surface area contributed by atoms with Gasteiger partial charge in [-0.05, 0) is 60.2 Å². The van der Waals surface area contributed by atoms with Crippen LogP contribution in [-0.2, 0) is 14.8 Å². The van der Waals surface area contributed by atoms with E-state index < -0.39 is 26.8 Å². The number of amides is 2. The lowest BCUT2D eigenvalue weighted by molar-refractivity contribution is -0.384. The number of carbonyl (C=O) groups excluding carboxylic acids is 2. The number of thiazole rings is 1. The summed E-state index contributed by atoms with van der Waals surface area (Å²) in [6.07, 6.45) is 2.84. The van der Waals surface area contributed by atoms with E-state index in [2.05, 4.69) is 20.3 Å². The van der Waals surface area contributed by atoms with Gasteiger partial charge in [0.15, 0.2) is 5.13 Å². The van der Waals surface area contributed by atoms with Gasteiger partial charge in [-0.2, -0.15) is 0 Å². The first kappa shape index (κ1) is 26.2. The number of sulfonamides is 1. The zero-order valence-corrected chi connectivity index (χ0v) is 21.0. The van der Waals surface area contributed by atoms with Crippen LogP contribution in [0.1, 0.15) is 15.9 Å². The third-order valence-electron chi connectivity index (χ3n) is 5.02. The minimum Gasteiger partial charge on any atom is -0.321 e. The molecule has 2 amide bonds. The summed E-state index contributed by atoms with van der Waals surface area (Å²) in [5, 5.41) is 18.0. The highest BCUT2D eigenvalue weighted by Crippen LogP contribution is 2.20. The van der Waals surface area contributed by atoms with Crippen LogP contribution in [0.15, 0.2) is 101 Å². The molecule has 0 saturated carbocycles. The molecule has 0 unspecified atom stereocenters. The highest BCUT2D eigenvalue weighted by molar-refractivity contribution is 7.93. The summed E-state index contributed by atoms with van der Waals surface area (Å²) in [5.74, 6) is -1.23. The molecule has 1 heterocycles. The Morgan fingerprint density at radius 3 is 2.24 bits per heavy atom. The van der Waals surface area contributed by atoms with E-state index in [0.717, 1.165) is 11.3 Å². The van der Waals surface area contributed by atoms with Gasteiger partial charge in [-0.3, -0.25) is 24.4 Å². The summed E-state index contributed by atoms with van der Waals surface area (Å²) < 4.78 is 27.4. The van der Waals surface area contributed by atoms with Crippen molar-refractivity contribution < 1.29 is 22.9 Å². The van der Waals surface area contributed by atoms with E-state index in [1.807, 2.05) is 0 Å². The number of hydrogen-bond donors (Lipinski definition) is 3. The number of anilines is 2. The number of carbonyl (C=O) groups is 2. The molecule has 0 aliphatic heterocycles. The molecule has 192 valence electrons. The second-order valence-corrected chi connectivity index (χ2v) is 10.2. The third kappa shape index (κ3) is 6.66. The minimum absolute atomic E-state index is 0.0373. The molecule has 0 spiro atoms. The van der Waals surface area contributed by atoms with Gasteiger partial charge in [-0.25, -0.2) is 13.4 Å². The van der Waals surface area contributed by atoms with E-state index in [1.165, 1.54) is 60.8 Å². The van der Waals surface area contributed by atoms with Gasteiger partial charge in [0.25, 0.3) is 27.5 Å². The maximum atomic E-state index is 13.1. The van der Waals surface area contributed by atoms with Crippen molar-refractivity contribution in [1.29, 1.82) is 0 Å². The highest BCUT2D eigenvalue weighted by Gasteiger charge is 2.18. The Bertz CT molecular complexity index is 1590. The Kier molecular flexibility index (Phi) is 7.89. The normalized spacial score (nSPS) is 11.4. The van der Waals surface area contributed by atoms with Crippen molar-refractivity contribution in [2.24, 2.45) is 0 Å². The molecule has 0 aliphatic carbocycles. The predicted molar refractivity (Wildman–Crippen MR) is 143 cm³/mol. The summed E-state index contributed by atoms with van der Waals surface area (Å²) in [6, 6.07) is 19.1. The number of nitrogens with one attached hydrogen (secondary N) is 3. The van der Waals surface area contributed by atoms with Crippen molar-refractivity contribution in [3.63, 3.8) is 0 Å². The first-order chi connectivity index (χ1) is 18.2. The zero-order chi connectivity index (χ0) is 27.1. The molecule has 3 N–H and O–H groups in total. The summed E-state index contributed by atoms with van der Waals surface area (Å²) in [6.45, 7) is 0. The quantitative estimate of drug-likeness (QED) is 0.160. The Balaban J connectivity index is 1.55. The van der Waals surface area contributed by atoms with Crippen LogP contribution in [0, 0.1) is 10.1 Å². The second kappa shape index (κ2) is 11.5. The molecule has 0 atom stereocenters. The van der Waals surface area contributed by atoms with Crippen LogP contribution in [0.4, 0.5) is 16.5 Å². The fourth-order valence-electron chi connectivity index (χ4n) is 3.16. The van der Waals surface area contributed by atoms with Gasteiger partial charge in [0.1, 0.15) is 5.70 Å². The standard InChI is InChI=1S/C25H19N5O6S2/c31-23(18-4-2-1-3-5-18)28-22(16-17-6-10-20(11-7-17)30(33)34)24(32)27-19-8-12-21(13-9-19)38(35,36)29-25-26-14-15-37-25/h1-16H,(H,26,29)(H,27,32)(H,28,31)/b22-16+. The van der Waals surface area contributed by atoms with Gasteiger partial charge in [-0.1, -0.05) is 18.2 Å². The van der Waals surface area contributed by atoms with Crippen molar-refractivity contribution in [2.45, 2.75) is 4.90 Å². The van der Waals surface area contributed by atoms with Crippen LogP contribution in [-0.4, -0.2) is 30.1 Å². The SMILES string of the molecule is O=C(Nc1ccc(S(=O)(=O)Nc2nccs2)cc1)/C(=C\c1ccc([N+](=O)[O-])cc1)NC(=O)c1ccccc1. The van der Waals surface area contributed by atoms with Gasteiger partial charge < -0.3 is 10.6 Å². The molecule has 0 bridgehead atoms. The molecule has 4 rings (SSSR count). The van der Waals surface area contributed by atoms with Crippen molar-refractivity contribution in [1.82, 2.24) is 10.3 Å². The van der Waals surface area contributed by atoms with Crippen molar-refractivity contribution in [2.75, 3.05) is 10.0 Å². The molecule has 0 aliphatic rings. The smallest absolute Gasteiger partial charge is 0.272 e. The monoisotopic (exact) mass is 549 g/mol. The molecule has 4 aromatic rings. The van der Waals surface area contributed by atoms with Crippen LogP contribution >= 0.6 is 11.3 Å². The first-order valence-electron chi connectivity index (χ1n) is 10.9. The number of non-ortho nitro benzene ring substituents is 1. The van der Waals surface area contributed by atoms with Crippen LogP contribution in [0.3, 0.4) is 0 Å². The molecular weight excluding hydrogens is 530 g/mol. The van der Waals surface area contributed by atoms with Crippen LogP contribution in [0.5, 0.6) is 0 Å².